The number of aryl methyl sites for hydroxylation is 1. The summed E-state index contributed by atoms with van der Waals surface area (Å²) < 4.78 is 5.45. The minimum Gasteiger partial charge on any atom is -0.493 e. The molecule has 0 spiro atoms. The number of non-ortho nitro benzene ring substituents is 1. The number of nitro benzene ring substituents is 1. The van der Waals surface area contributed by atoms with E-state index in [2.05, 4.69) is 9.97 Å². The number of aromatic nitrogens is 2. The van der Waals surface area contributed by atoms with Gasteiger partial charge in [-0.05, 0) is 12.5 Å². The predicted molar refractivity (Wildman–Crippen MR) is 65.5 cm³/mol. The summed E-state index contributed by atoms with van der Waals surface area (Å²) in [6, 6.07) is 6.18. The first kappa shape index (κ1) is 12.1. The largest absolute Gasteiger partial charge is 0.493 e. The Morgan fingerprint density at radius 3 is 3.06 bits per heavy atom. The Balaban J connectivity index is 1.79. The van der Waals surface area contributed by atoms with Gasteiger partial charge < -0.3 is 9.72 Å². The first-order chi connectivity index (χ1) is 8.75. The lowest BCUT2D eigenvalue weighted by Crippen LogP contribution is -2.00. The molecule has 0 aliphatic heterocycles. The van der Waals surface area contributed by atoms with E-state index in [1.807, 2.05) is 0 Å². The number of imidazole rings is 1. The Morgan fingerprint density at radius 2 is 2.33 bits per heavy atom. The first-order valence-corrected chi connectivity index (χ1v) is 5.61. The second kappa shape index (κ2) is 5.81. The van der Waals surface area contributed by atoms with E-state index in [-0.39, 0.29) is 5.69 Å². The van der Waals surface area contributed by atoms with Crippen molar-refractivity contribution in [3.05, 3.63) is 52.6 Å². The lowest BCUT2D eigenvalue weighted by Gasteiger charge is -2.04. The van der Waals surface area contributed by atoms with Crippen molar-refractivity contribution in [1.82, 2.24) is 9.97 Å². The minimum absolute atomic E-state index is 0.0403. The van der Waals surface area contributed by atoms with E-state index in [4.69, 9.17) is 4.74 Å². The number of nitro groups is 1. The lowest BCUT2D eigenvalue weighted by atomic mass is 10.3. The topological polar surface area (TPSA) is 81.1 Å². The Morgan fingerprint density at radius 1 is 1.44 bits per heavy atom. The van der Waals surface area contributed by atoms with Crippen LogP contribution in [0.3, 0.4) is 0 Å². The zero-order valence-electron chi connectivity index (χ0n) is 9.70. The number of benzene rings is 1. The van der Waals surface area contributed by atoms with Gasteiger partial charge in [0, 0.05) is 24.9 Å². The summed E-state index contributed by atoms with van der Waals surface area (Å²) >= 11 is 0. The third-order valence-electron chi connectivity index (χ3n) is 2.41. The molecule has 0 radical (unpaired) electrons. The normalized spacial score (nSPS) is 10.2. The fourth-order valence-corrected chi connectivity index (χ4v) is 1.55. The number of hydrogen-bond donors (Lipinski definition) is 1. The molecule has 0 aliphatic carbocycles. The van der Waals surface area contributed by atoms with E-state index >= 15 is 0 Å². The Bertz CT molecular complexity index is 511. The molecule has 1 N–H and O–H groups in total. The fourth-order valence-electron chi connectivity index (χ4n) is 1.55. The smallest absolute Gasteiger partial charge is 0.273 e. The number of rotatable bonds is 6. The second-order valence-corrected chi connectivity index (χ2v) is 3.74. The van der Waals surface area contributed by atoms with Crippen molar-refractivity contribution in [2.24, 2.45) is 0 Å². The van der Waals surface area contributed by atoms with Gasteiger partial charge in [0.2, 0.25) is 0 Å². The molecule has 0 fully saturated rings. The molecule has 1 aromatic heterocycles. The van der Waals surface area contributed by atoms with Gasteiger partial charge in [-0.2, -0.15) is 0 Å². The molecule has 6 heteroatoms. The summed E-state index contributed by atoms with van der Waals surface area (Å²) in [6.07, 6.45) is 5.08. The molecule has 1 aromatic carbocycles. The average Bonchev–Trinajstić information content (AvgIpc) is 2.88. The highest BCUT2D eigenvalue weighted by atomic mass is 16.6. The summed E-state index contributed by atoms with van der Waals surface area (Å²) in [6.45, 7) is 0.502. The summed E-state index contributed by atoms with van der Waals surface area (Å²) in [4.78, 5) is 17.2. The number of ether oxygens (including phenoxy) is 1. The summed E-state index contributed by atoms with van der Waals surface area (Å²) in [7, 11) is 0. The Hall–Kier alpha value is -2.37. The molecule has 94 valence electrons. The van der Waals surface area contributed by atoms with Gasteiger partial charge in [0.15, 0.2) is 0 Å². The summed E-state index contributed by atoms with van der Waals surface area (Å²) in [5.41, 5.74) is 0.0403. The van der Waals surface area contributed by atoms with E-state index in [1.54, 1.807) is 24.5 Å². The fraction of sp³-hybridized carbons (Fsp3) is 0.250. The molecular weight excluding hydrogens is 234 g/mol. The van der Waals surface area contributed by atoms with Crippen LogP contribution in [-0.4, -0.2) is 21.5 Å². The van der Waals surface area contributed by atoms with Crippen LogP contribution in [-0.2, 0) is 6.42 Å². The SMILES string of the molecule is O=[N+]([O-])c1cccc(OCCCc2ncc[nH]2)c1. The number of nitrogens with zero attached hydrogens (tertiary/aromatic N) is 2. The van der Waals surface area contributed by atoms with E-state index in [9.17, 15) is 10.1 Å². The van der Waals surface area contributed by atoms with Crippen LogP contribution < -0.4 is 4.74 Å². The number of aromatic amines is 1. The van der Waals surface area contributed by atoms with E-state index in [0.717, 1.165) is 18.7 Å². The predicted octanol–water partition coefficient (Wildman–Crippen LogP) is 2.33. The molecule has 1 heterocycles. The van der Waals surface area contributed by atoms with Gasteiger partial charge in [-0.25, -0.2) is 4.98 Å². The maximum Gasteiger partial charge on any atom is 0.273 e. The molecule has 0 saturated heterocycles. The van der Waals surface area contributed by atoms with Crippen LogP contribution in [0.15, 0.2) is 36.7 Å². The standard InChI is InChI=1S/C12H13N3O3/c16-15(17)10-3-1-4-11(9-10)18-8-2-5-12-13-6-7-14-12/h1,3-4,6-7,9H,2,5,8H2,(H,13,14). The van der Waals surface area contributed by atoms with Crippen LogP contribution in [0.1, 0.15) is 12.2 Å². The third kappa shape index (κ3) is 3.31. The number of nitrogens with one attached hydrogen (secondary N) is 1. The highest BCUT2D eigenvalue weighted by molar-refractivity contribution is 5.37. The molecule has 0 unspecified atom stereocenters. The van der Waals surface area contributed by atoms with Crippen LogP contribution in [0, 0.1) is 10.1 Å². The van der Waals surface area contributed by atoms with Gasteiger partial charge in [-0.1, -0.05) is 6.07 Å². The molecule has 18 heavy (non-hydrogen) atoms. The molecule has 6 nitrogen and oxygen atoms in total. The van der Waals surface area contributed by atoms with Gasteiger partial charge >= 0.3 is 0 Å². The molecule has 0 amide bonds. The van der Waals surface area contributed by atoms with Crippen LogP contribution in [0.4, 0.5) is 5.69 Å². The molecule has 0 bridgehead atoms. The van der Waals surface area contributed by atoms with Crippen molar-refractivity contribution >= 4 is 5.69 Å². The monoisotopic (exact) mass is 247 g/mol. The maximum atomic E-state index is 10.6. The van der Waals surface area contributed by atoms with Crippen molar-refractivity contribution in [2.45, 2.75) is 12.8 Å². The first-order valence-electron chi connectivity index (χ1n) is 5.61. The van der Waals surface area contributed by atoms with Gasteiger partial charge in [-0.15, -0.1) is 0 Å². The lowest BCUT2D eigenvalue weighted by molar-refractivity contribution is -0.384. The van der Waals surface area contributed by atoms with Crippen molar-refractivity contribution in [3.8, 4) is 5.75 Å². The van der Waals surface area contributed by atoms with Crippen LogP contribution in [0.5, 0.6) is 5.75 Å². The summed E-state index contributed by atoms with van der Waals surface area (Å²) in [5.74, 6) is 1.43. The quantitative estimate of drug-likeness (QED) is 0.482. The van der Waals surface area contributed by atoms with E-state index < -0.39 is 4.92 Å². The third-order valence-corrected chi connectivity index (χ3v) is 2.41. The van der Waals surface area contributed by atoms with Crippen LogP contribution in [0.25, 0.3) is 0 Å². The van der Waals surface area contributed by atoms with Crippen molar-refractivity contribution < 1.29 is 9.66 Å². The minimum atomic E-state index is -0.435. The van der Waals surface area contributed by atoms with Crippen molar-refractivity contribution in [3.63, 3.8) is 0 Å². The molecule has 2 rings (SSSR count). The number of H-pyrrole nitrogens is 1. The molecule has 2 aromatic rings. The zero-order chi connectivity index (χ0) is 12.8. The van der Waals surface area contributed by atoms with Gasteiger partial charge in [0.25, 0.3) is 5.69 Å². The molecule has 0 atom stereocenters. The maximum absolute atomic E-state index is 10.6. The zero-order valence-corrected chi connectivity index (χ0v) is 9.70. The Kier molecular flexibility index (Phi) is 3.90. The van der Waals surface area contributed by atoms with Gasteiger partial charge in [-0.3, -0.25) is 10.1 Å². The second-order valence-electron chi connectivity index (χ2n) is 3.74. The molecular formula is C12H13N3O3. The van der Waals surface area contributed by atoms with E-state index in [0.29, 0.717) is 12.4 Å². The average molecular weight is 247 g/mol. The van der Waals surface area contributed by atoms with E-state index in [1.165, 1.54) is 12.1 Å². The summed E-state index contributed by atoms with van der Waals surface area (Å²) in [5, 5.41) is 10.6. The Labute approximate surface area is 104 Å². The van der Waals surface area contributed by atoms with Crippen LogP contribution >= 0.6 is 0 Å². The van der Waals surface area contributed by atoms with Gasteiger partial charge in [0.1, 0.15) is 11.6 Å². The van der Waals surface area contributed by atoms with Crippen molar-refractivity contribution in [1.29, 1.82) is 0 Å². The van der Waals surface area contributed by atoms with Crippen molar-refractivity contribution in [2.75, 3.05) is 6.61 Å². The van der Waals surface area contributed by atoms with Crippen LogP contribution in [0.2, 0.25) is 0 Å². The highest BCUT2D eigenvalue weighted by Gasteiger charge is 2.06. The molecule has 0 aliphatic rings. The number of hydrogen-bond acceptors (Lipinski definition) is 4. The van der Waals surface area contributed by atoms with Gasteiger partial charge in [0.05, 0.1) is 17.6 Å². The molecule has 0 saturated carbocycles. The highest BCUT2D eigenvalue weighted by Crippen LogP contribution is 2.19.